The second kappa shape index (κ2) is 9.44. The van der Waals surface area contributed by atoms with Gasteiger partial charge in [-0.2, -0.15) is 0 Å². The number of carboxylic acids is 2. The number of hydrogen-bond donors (Lipinski definition) is 2. The fourth-order valence-corrected chi connectivity index (χ4v) is 4.57. The van der Waals surface area contributed by atoms with Gasteiger partial charge in [0.25, 0.3) is 0 Å². The molecule has 0 bridgehead atoms. The van der Waals surface area contributed by atoms with Gasteiger partial charge in [0.2, 0.25) is 0 Å². The molecule has 3 rings (SSSR count). The third-order valence-electron chi connectivity index (χ3n) is 5.78. The van der Waals surface area contributed by atoms with Crippen LogP contribution in [0.25, 0.3) is 0 Å². The van der Waals surface area contributed by atoms with Crippen LogP contribution in [0.15, 0.2) is 24.3 Å². The van der Waals surface area contributed by atoms with Crippen molar-refractivity contribution >= 4 is 23.5 Å². The first-order chi connectivity index (χ1) is 13.9. The fraction of sp³-hybridized carbons (Fsp3) is 0.500. The number of carbonyl (C=O) groups is 2. The summed E-state index contributed by atoms with van der Waals surface area (Å²) in [4.78, 5) is 27.8. The van der Waals surface area contributed by atoms with Crippen molar-refractivity contribution < 1.29 is 19.8 Å². The molecule has 1 fully saturated rings. The van der Waals surface area contributed by atoms with E-state index in [-0.39, 0.29) is 16.8 Å². The Morgan fingerprint density at radius 2 is 1.86 bits per heavy atom. The lowest BCUT2D eigenvalue weighted by Crippen LogP contribution is -2.19. The van der Waals surface area contributed by atoms with Crippen molar-refractivity contribution in [3.63, 3.8) is 0 Å². The van der Waals surface area contributed by atoms with Gasteiger partial charge in [-0.15, -0.1) is 0 Å². The van der Waals surface area contributed by atoms with E-state index in [2.05, 4.69) is 11.9 Å². The number of aromatic nitrogens is 2. The van der Waals surface area contributed by atoms with Crippen LogP contribution in [0.3, 0.4) is 0 Å². The highest BCUT2D eigenvalue weighted by Gasteiger charge is 2.31. The molecule has 1 aromatic heterocycles. The van der Waals surface area contributed by atoms with Gasteiger partial charge in [0, 0.05) is 13.0 Å². The number of imidazole rings is 1. The van der Waals surface area contributed by atoms with Crippen LogP contribution in [0.2, 0.25) is 5.15 Å². The molecule has 29 heavy (non-hydrogen) atoms. The van der Waals surface area contributed by atoms with Crippen molar-refractivity contribution in [2.75, 3.05) is 0 Å². The van der Waals surface area contributed by atoms with Crippen molar-refractivity contribution in [3.05, 3.63) is 52.1 Å². The third kappa shape index (κ3) is 4.81. The number of nitrogens with zero attached hydrogens (tertiary/aromatic N) is 2. The topological polar surface area (TPSA) is 92.4 Å². The molecule has 2 aromatic rings. The zero-order valence-electron chi connectivity index (χ0n) is 16.6. The molecule has 0 saturated heterocycles. The maximum absolute atomic E-state index is 11.8. The maximum atomic E-state index is 11.8. The van der Waals surface area contributed by atoms with E-state index in [1.54, 1.807) is 4.57 Å². The number of carboxylic acid groups (broad SMARTS) is 2. The summed E-state index contributed by atoms with van der Waals surface area (Å²) >= 11 is 6.09. The zero-order chi connectivity index (χ0) is 21.0. The minimum absolute atomic E-state index is 0.00351. The lowest BCUT2D eigenvalue weighted by Gasteiger charge is -2.20. The molecule has 0 amide bonds. The summed E-state index contributed by atoms with van der Waals surface area (Å²) in [5.41, 5.74) is 1.69. The Kier molecular flexibility index (Phi) is 6.96. The maximum Gasteiger partial charge on any atom is 0.355 e. The normalized spacial score (nSPS) is 15.5. The Labute approximate surface area is 175 Å². The third-order valence-corrected chi connectivity index (χ3v) is 6.04. The highest BCUT2D eigenvalue weighted by molar-refractivity contribution is 6.32. The van der Waals surface area contributed by atoms with Crippen LogP contribution in [0.1, 0.15) is 78.8 Å². The molecule has 6 nitrogen and oxygen atoms in total. The fourth-order valence-electron chi connectivity index (χ4n) is 4.29. The van der Waals surface area contributed by atoms with Gasteiger partial charge in [0.15, 0.2) is 10.8 Å². The van der Waals surface area contributed by atoms with Crippen molar-refractivity contribution in [2.24, 2.45) is 5.92 Å². The molecular formula is C22H27ClN2O4. The van der Waals surface area contributed by atoms with Crippen molar-refractivity contribution in [1.82, 2.24) is 9.55 Å². The Morgan fingerprint density at radius 1 is 1.21 bits per heavy atom. The smallest absolute Gasteiger partial charge is 0.355 e. The Bertz CT molecular complexity index is 870. The first-order valence-electron chi connectivity index (χ1n) is 10.2. The van der Waals surface area contributed by atoms with E-state index in [4.69, 9.17) is 11.6 Å². The van der Waals surface area contributed by atoms with Crippen LogP contribution in [0.5, 0.6) is 0 Å². The van der Waals surface area contributed by atoms with Crippen LogP contribution in [0, 0.1) is 5.92 Å². The Balaban J connectivity index is 1.85. The first-order valence-corrected chi connectivity index (χ1v) is 10.6. The molecule has 7 heteroatoms. The monoisotopic (exact) mass is 418 g/mol. The molecule has 2 N–H and O–H groups in total. The van der Waals surface area contributed by atoms with E-state index in [0.29, 0.717) is 18.8 Å². The average molecular weight is 419 g/mol. The molecule has 0 aliphatic heterocycles. The predicted octanol–water partition coefficient (Wildman–Crippen LogP) is 4.98. The number of rotatable bonds is 9. The number of unbranched alkanes of at least 4 members (excludes halogenated alkanes) is 1. The van der Waals surface area contributed by atoms with Crippen LogP contribution < -0.4 is 0 Å². The van der Waals surface area contributed by atoms with Gasteiger partial charge in [-0.05, 0) is 36.3 Å². The molecule has 1 aliphatic rings. The number of hydrogen-bond acceptors (Lipinski definition) is 3. The Morgan fingerprint density at radius 3 is 2.41 bits per heavy atom. The standard InChI is InChI=1S/C22H27ClN2O4/c1-2-3-8-17-24-20(23)19(22(28)29)25(17)13-14-9-11-16(12-10-14)18(21(26)27)15-6-4-5-7-15/h9-12,15,18H,2-8,13H2,1H3,(H,26,27)(H,28,29). The van der Waals surface area contributed by atoms with Crippen LogP contribution >= 0.6 is 11.6 Å². The van der Waals surface area contributed by atoms with Crippen molar-refractivity contribution in [1.29, 1.82) is 0 Å². The molecule has 1 aromatic carbocycles. The van der Waals surface area contributed by atoms with Gasteiger partial charge in [0.05, 0.1) is 5.92 Å². The van der Waals surface area contributed by atoms with Gasteiger partial charge >= 0.3 is 11.9 Å². The van der Waals surface area contributed by atoms with Crippen molar-refractivity contribution in [2.45, 2.75) is 64.3 Å². The summed E-state index contributed by atoms with van der Waals surface area (Å²) in [5, 5.41) is 19.3. The molecule has 0 spiro atoms. The molecule has 1 heterocycles. The number of aromatic carboxylic acids is 1. The summed E-state index contributed by atoms with van der Waals surface area (Å²) in [5.74, 6) is -1.52. The largest absolute Gasteiger partial charge is 0.481 e. The SMILES string of the molecule is CCCCc1nc(Cl)c(C(=O)O)n1Cc1ccc(C(C(=O)O)C2CCCC2)cc1. The van der Waals surface area contributed by atoms with Crippen LogP contribution in [-0.2, 0) is 17.8 Å². The van der Waals surface area contributed by atoms with E-state index in [9.17, 15) is 19.8 Å². The van der Waals surface area contributed by atoms with Crippen LogP contribution in [-0.4, -0.2) is 31.7 Å². The summed E-state index contributed by atoms with van der Waals surface area (Å²) in [6.07, 6.45) is 6.61. The van der Waals surface area contributed by atoms with Gasteiger partial charge < -0.3 is 14.8 Å². The van der Waals surface area contributed by atoms with E-state index in [0.717, 1.165) is 49.7 Å². The van der Waals surface area contributed by atoms with E-state index in [1.165, 1.54) is 0 Å². The first kappa shape index (κ1) is 21.4. The molecule has 1 aliphatic carbocycles. The summed E-state index contributed by atoms with van der Waals surface area (Å²) in [7, 11) is 0. The lowest BCUT2D eigenvalue weighted by molar-refractivity contribution is -0.140. The molecule has 1 saturated carbocycles. The second-order valence-corrected chi connectivity index (χ2v) is 8.12. The summed E-state index contributed by atoms with van der Waals surface area (Å²) in [6.45, 7) is 2.40. The number of aryl methyl sites for hydroxylation is 1. The predicted molar refractivity (Wildman–Crippen MR) is 111 cm³/mol. The van der Waals surface area contributed by atoms with E-state index >= 15 is 0 Å². The second-order valence-electron chi connectivity index (χ2n) is 7.76. The van der Waals surface area contributed by atoms with Gasteiger partial charge in [0.1, 0.15) is 5.82 Å². The minimum atomic E-state index is -1.10. The Hall–Kier alpha value is -2.34. The molecular weight excluding hydrogens is 392 g/mol. The number of aliphatic carboxylic acids is 1. The zero-order valence-corrected chi connectivity index (χ0v) is 17.4. The summed E-state index contributed by atoms with van der Waals surface area (Å²) in [6, 6.07) is 7.47. The highest BCUT2D eigenvalue weighted by Crippen LogP contribution is 2.37. The minimum Gasteiger partial charge on any atom is -0.481 e. The van der Waals surface area contributed by atoms with E-state index in [1.807, 2.05) is 24.3 Å². The molecule has 0 radical (unpaired) electrons. The molecule has 1 atom stereocenters. The quantitative estimate of drug-likeness (QED) is 0.598. The average Bonchev–Trinajstić information content (AvgIpc) is 3.29. The van der Waals surface area contributed by atoms with Gasteiger partial charge in [-0.3, -0.25) is 4.79 Å². The highest BCUT2D eigenvalue weighted by atomic mass is 35.5. The van der Waals surface area contributed by atoms with Gasteiger partial charge in [-0.25, -0.2) is 9.78 Å². The number of benzene rings is 1. The lowest BCUT2D eigenvalue weighted by atomic mass is 9.84. The molecule has 1 unspecified atom stereocenters. The summed E-state index contributed by atoms with van der Waals surface area (Å²) < 4.78 is 1.65. The number of halogens is 1. The molecule has 156 valence electrons. The van der Waals surface area contributed by atoms with Crippen LogP contribution in [0.4, 0.5) is 0 Å². The van der Waals surface area contributed by atoms with Gasteiger partial charge in [-0.1, -0.05) is 62.1 Å². The van der Waals surface area contributed by atoms with Crippen molar-refractivity contribution in [3.8, 4) is 0 Å². The van der Waals surface area contributed by atoms with E-state index < -0.39 is 17.9 Å².